The summed E-state index contributed by atoms with van der Waals surface area (Å²) in [5.74, 6) is 1.65. The Labute approximate surface area is 239 Å². The van der Waals surface area contributed by atoms with E-state index in [1.165, 1.54) is 0 Å². The van der Waals surface area contributed by atoms with Crippen molar-refractivity contribution in [1.82, 2.24) is 0 Å². The molecule has 2 nitrogen and oxygen atoms in total. The van der Waals surface area contributed by atoms with Gasteiger partial charge in [0.05, 0.1) is 0 Å². The van der Waals surface area contributed by atoms with Crippen LogP contribution in [0.3, 0.4) is 0 Å². The average molecular weight is 624 g/mol. The first-order valence-electron chi connectivity index (χ1n) is 12.4. The van der Waals surface area contributed by atoms with Crippen molar-refractivity contribution in [3.63, 3.8) is 0 Å². The van der Waals surface area contributed by atoms with E-state index in [1.807, 2.05) is 36.4 Å². The van der Waals surface area contributed by atoms with Crippen LogP contribution in [0.4, 0.5) is 0 Å². The fraction of sp³-hybridized carbons (Fsp3) is 0.0588. The summed E-state index contributed by atoms with van der Waals surface area (Å²) < 4.78 is 15.1. The van der Waals surface area contributed by atoms with Crippen molar-refractivity contribution in [2.24, 2.45) is 0 Å². The largest absolute Gasteiger partial charge is 0.488 e. The Balaban J connectivity index is 1.56. The first-order valence-corrected chi connectivity index (χ1v) is 14.0. The monoisotopic (exact) mass is 622 g/mol. The Morgan fingerprint density at radius 3 is 1.29 bits per heavy atom. The second-order valence-corrected chi connectivity index (χ2v) is 11.0. The van der Waals surface area contributed by atoms with Gasteiger partial charge in [-0.15, -0.1) is 0 Å². The first-order chi connectivity index (χ1) is 18.7. The van der Waals surface area contributed by atoms with Crippen LogP contribution >= 0.6 is 31.9 Å². The summed E-state index contributed by atoms with van der Waals surface area (Å²) in [6.45, 7) is 0.957. The van der Waals surface area contributed by atoms with Gasteiger partial charge in [0.1, 0.15) is 24.7 Å². The van der Waals surface area contributed by atoms with Gasteiger partial charge >= 0.3 is 0 Å². The van der Waals surface area contributed by atoms with Crippen molar-refractivity contribution in [2.45, 2.75) is 13.2 Å². The van der Waals surface area contributed by atoms with Gasteiger partial charge in [-0.2, -0.15) is 0 Å². The van der Waals surface area contributed by atoms with Gasteiger partial charge in [0.25, 0.3) is 0 Å². The van der Waals surface area contributed by atoms with Gasteiger partial charge < -0.3 is 9.47 Å². The molecule has 0 atom stereocenters. The van der Waals surface area contributed by atoms with E-state index < -0.39 is 0 Å². The Bertz CT molecular complexity index is 1600. The maximum Gasteiger partial charge on any atom is 0.128 e. The molecule has 6 aromatic rings. The third-order valence-electron chi connectivity index (χ3n) is 6.61. The first kappa shape index (κ1) is 24.7. The highest BCUT2D eigenvalue weighted by atomic mass is 79.9. The van der Waals surface area contributed by atoms with Gasteiger partial charge in [-0.1, -0.05) is 117 Å². The van der Waals surface area contributed by atoms with Crippen molar-refractivity contribution < 1.29 is 9.47 Å². The van der Waals surface area contributed by atoms with Crippen molar-refractivity contribution in [3.05, 3.63) is 141 Å². The lowest BCUT2D eigenvalue weighted by molar-refractivity contribution is 0.303. The van der Waals surface area contributed by atoms with Crippen LogP contribution in [0, 0.1) is 0 Å². The molecular formula is C34H24Br2O2. The minimum atomic E-state index is 0.479. The highest BCUT2D eigenvalue weighted by Crippen LogP contribution is 2.46. The van der Waals surface area contributed by atoms with E-state index in [0.29, 0.717) is 13.2 Å². The highest BCUT2D eigenvalue weighted by molar-refractivity contribution is 9.10. The summed E-state index contributed by atoms with van der Waals surface area (Å²) in [6, 6.07) is 41.7. The van der Waals surface area contributed by atoms with Crippen LogP contribution in [-0.2, 0) is 13.2 Å². The highest BCUT2D eigenvalue weighted by Gasteiger charge is 2.20. The van der Waals surface area contributed by atoms with E-state index in [4.69, 9.17) is 9.47 Å². The molecule has 0 fully saturated rings. The van der Waals surface area contributed by atoms with E-state index in [9.17, 15) is 0 Å². The lowest BCUT2D eigenvalue weighted by atomic mass is 9.92. The molecule has 0 aliphatic heterocycles. The minimum absolute atomic E-state index is 0.479. The average Bonchev–Trinajstić information content (AvgIpc) is 2.95. The smallest absolute Gasteiger partial charge is 0.128 e. The lowest BCUT2D eigenvalue weighted by Crippen LogP contribution is -2.01. The van der Waals surface area contributed by atoms with Gasteiger partial charge in [-0.25, -0.2) is 0 Å². The molecule has 0 N–H and O–H groups in total. The molecule has 0 heterocycles. The summed E-state index contributed by atoms with van der Waals surface area (Å²) in [5.41, 5.74) is 4.30. The molecule has 6 aromatic carbocycles. The Morgan fingerprint density at radius 1 is 0.447 bits per heavy atom. The van der Waals surface area contributed by atoms with Crippen LogP contribution in [0.2, 0.25) is 0 Å². The number of hydrogen-bond donors (Lipinski definition) is 0. The molecule has 0 aromatic heterocycles. The zero-order chi connectivity index (χ0) is 25.9. The van der Waals surface area contributed by atoms with Gasteiger partial charge in [0.15, 0.2) is 0 Å². The summed E-state index contributed by atoms with van der Waals surface area (Å²) in [6.07, 6.45) is 0. The lowest BCUT2D eigenvalue weighted by Gasteiger charge is -2.20. The number of hydrogen-bond acceptors (Lipinski definition) is 2. The SMILES string of the molecule is Brc1ccc2c(-c3c(OCc4ccccc4)ccc4cc(Br)ccc34)c(OCc3ccccc3)ccc2c1. The molecule has 0 bridgehead atoms. The molecule has 4 heteroatoms. The van der Waals surface area contributed by atoms with Crippen LogP contribution in [0.5, 0.6) is 11.5 Å². The fourth-order valence-corrected chi connectivity index (χ4v) is 5.55. The van der Waals surface area contributed by atoms with Gasteiger partial charge in [-0.05, 0) is 69.1 Å². The van der Waals surface area contributed by atoms with E-state index in [-0.39, 0.29) is 0 Å². The molecule has 0 radical (unpaired) electrons. The zero-order valence-electron chi connectivity index (χ0n) is 20.5. The summed E-state index contributed by atoms with van der Waals surface area (Å²) >= 11 is 7.29. The van der Waals surface area contributed by atoms with E-state index in [0.717, 1.165) is 64.2 Å². The molecule has 6 rings (SSSR count). The van der Waals surface area contributed by atoms with E-state index in [1.54, 1.807) is 0 Å². The molecule has 0 aliphatic carbocycles. The van der Waals surface area contributed by atoms with Crippen LogP contribution in [0.15, 0.2) is 130 Å². The molecule has 0 saturated carbocycles. The van der Waals surface area contributed by atoms with Gasteiger partial charge in [0, 0.05) is 20.1 Å². The maximum atomic E-state index is 6.53. The normalized spacial score (nSPS) is 11.1. The Morgan fingerprint density at radius 2 is 0.868 bits per heavy atom. The maximum absolute atomic E-state index is 6.53. The Kier molecular flexibility index (Phi) is 7.17. The van der Waals surface area contributed by atoms with Crippen molar-refractivity contribution >= 4 is 53.4 Å². The number of ether oxygens (including phenoxy) is 2. The number of fused-ring (bicyclic) bond motifs is 2. The van der Waals surface area contributed by atoms with E-state index in [2.05, 4.69) is 117 Å². The second-order valence-electron chi connectivity index (χ2n) is 9.16. The van der Waals surface area contributed by atoms with Crippen LogP contribution in [0.25, 0.3) is 32.7 Å². The minimum Gasteiger partial charge on any atom is -0.488 e. The Hall–Kier alpha value is -3.60. The van der Waals surface area contributed by atoms with E-state index >= 15 is 0 Å². The third-order valence-corrected chi connectivity index (χ3v) is 7.60. The molecule has 0 amide bonds. The topological polar surface area (TPSA) is 18.5 Å². The number of rotatable bonds is 7. The predicted molar refractivity (Wildman–Crippen MR) is 164 cm³/mol. The second kappa shape index (κ2) is 11.0. The molecule has 0 unspecified atom stereocenters. The molecule has 0 spiro atoms. The predicted octanol–water partition coefficient (Wildman–Crippen LogP) is 10.3. The van der Waals surface area contributed by atoms with Crippen molar-refractivity contribution in [1.29, 1.82) is 0 Å². The fourth-order valence-electron chi connectivity index (χ4n) is 4.79. The van der Waals surface area contributed by atoms with Gasteiger partial charge in [0.2, 0.25) is 0 Å². The van der Waals surface area contributed by atoms with Crippen molar-refractivity contribution in [2.75, 3.05) is 0 Å². The standard InChI is InChI=1S/C34H24Br2O2/c35-27-13-15-29-25(19-27)11-17-31(37-21-23-7-3-1-4-8-23)33(29)34-30-16-14-28(36)20-26(30)12-18-32(34)38-22-24-9-5-2-6-10-24/h1-20H,21-22H2. The van der Waals surface area contributed by atoms with Crippen LogP contribution in [0.1, 0.15) is 11.1 Å². The van der Waals surface area contributed by atoms with Crippen molar-refractivity contribution in [3.8, 4) is 22.6 Å². The molecule has 38 heavy (non-hydrogen) atoms. The molecule has 0 saturated heterocycles. The molecule has 0 aliphatic rings. The summed E-state index contributed by atoms with van der Waals surface area (Å²) in [5, 5.41) is 4.48. The quantitative estimate of drug-likeness (QED) is 0.176. The summed E-state index contributed by atoms with van der Waals surface area (Å²) in [7, 11) is 0. The third kappa shape index (κ3) is 5.20. The number of halogens is 2. The molecular weight excluding hydrogens is 600 g/mol. The zero-order valence-corrected chi connectivity index (χ0v) is 23.7. The number of benzene rings is 6. The van der Waals surface area contributed by atoms with Gasteiger partial charge in [-0.3, -0.25) is 0 Å². The molecule has 186 valence electrons. The summed E-state index contributed by atoms with van der Waals surface area (Å²) in [4.78, 5) is 0. The van der Waals surface area contributed by atoms with Crippen LogP contribution < -0.4 is 9.47 Å². The van der Waals surface area contributed by atoms with Crippen LogP contribution in [-0.4, -0.2) is 0 Å².